The van der Waals surface area contributed by atoms with Crippen LogP contribution in [0.5, 0.6) is 0 Å². The number of rotatable bonds is 5. The third-order valence-electron chi connectivity index (χ3n) is 4.25. The van der Waals surface area contributed by atoms with Gasteiger partial charge in [-0.05, 0) is 56.0 Å². The minimum Gasteiger partial charge on any atom is -0.462 e. The summed E-state index contributed by atoms with van der Waals surface area (Å²) in [5.74, 6) is -0.0234. The Bertz CT molecular complexity index is 976. The Labute approximate surface area is 154 Å². The fourth-order valence-electron chi connectivity index (χ4n) is 3.05. The van der Waals surface area contributed by atoms with E-state index in [0.717, 1.165) is 11.8 Å². The zero-order chi connectivity index (χ0) is 19.6. The monoisotopic (exact) mass is 377 g/mol. The molecule has 0 aliphatic heterocycles. The Morgan fingerprint density at radius 3 is 2.70 bits per heavy atom. The van der Waals surface area contributed by atoms with E-state index in [2.05, 4.69) is 4.98 Å². The van der Waals surface area contributed by atoms with Crippen molar-refractivity contribution >= 4 is 16.9 Å². The van der Waals surface area contributed by atoms with Crippen LogP contribution in [0.25, 0.3) is 11.0 Å². The summed E-state index contributed by atoms with van der Waals surface area (Å²) in [7, 11) is 0. The predicted molar refractivity (Wildman–Crippen MR) is 93.6 cm³/mol. The summed E-state index contributed by atoms with van der Waals surface area (Å²) in [4.78, 5) is 15.6. The average Bonchev–Trinajstić information content (AvgIpc) is 2.94. The van der Waals surface area contributed by atoms with Gasteiger partial charge in [0.25, 0.3) is 0 Å². The van der Waals surface area contributed by atoms with E-state index < -0.39 is 17.8 Å². The van der Waals surface area contributed by atoms with Crippen molar-refractivity contribution in [2.75, 3.05) is 6.61 Å². The van der Waals surface area contributed by atoms with Crippen molar-refractivity contribution < 1.29 is 27.1 Å². The van der Waals surface area contributed by atoms with Gasteiger partial charge in [0, 0.05) is 11.6 Å². The Morgan fingerprint density at radius 1 is 1.22 bits per heavy atom. The number of esters is 1. The van der Waals surface area contributed by atoms with Crippen LogP contribution in [-0.4, -0.2) is 17.6 Å². The van der Waals surface area contributed by atoms with Crippen LogP contribution in [0.3, 0.4) is 0 Å². The summed E-state index contributed by atoms with van der Waals surface area (Å²) in [6.45, 7) is 3.64. The van der Waals surface area contributed by atoms with Crippen molar-refractivity contribution in [1.82, 2.24) is 4.98 Å². The summed E-state index contributed by atoms with van der Waals surface area (Å²) < 4.78 is 49.9. The lowest BCUT2D eigenvalue weighted by atomic mass is 10.0. The van der Waals surface area contributed by atoms with Crippen LogP contribution >= 0.6 is 0 Å². The molecule has 3 aromatic rings. The molecule has 0 atom stereocenters. The third-order valence-corrected chi connectivity index (χ3v) is 4.25. The summed E-state index contributed by atoms with van der Waals surface area (Å²) in [5.41, 5.74) is 0.963. The molecule has 0 radical (unpaired) electrons. The van der Waals surface area contributed by atoms with Crippen LogP contribution in [0.4, 0.5) is 13.2 Å². The SMILES string of the molecule is CCOC(=O)c1c(C)oc2ccc(CCc3cccnc3C(F)(F)F)cc12. The fraction of sp³-hybridized carbons (Fsp3) is 0.300. The van der Waals surface area contributed by atoms with Crippen molar-refractivity contribution in [1.29, 1.82) is 0 Å². The van der Waals surface area contributed by atoms with Crippen LogP contribution in [0.15, 0.2) is 40.9 Å². The maximum absolute atomic E-state index is 13.1. The normalized spacial score (nSPS) is 11.7. The Kier molecular flexibility index (Phi) is 5.21. The van der Waals surface area contributed by atoms with Gasteiger partial charge in [-0.2, -0.15) is 13.2 Å². The molecule has 0 aliphatic carbocycles. The molecule has 0 saturated carbocycles. The molecule has 2 aromatic heterocycles. The van der Waals surface area contributed by atoms with E-state index in [1.54, 1.807) is 32.0 Å². The van der Waals surface area contributed by atoms with E-state index in [1.165, 1.54) is 12.1 Å². The van der Waals surface area contributed by atoms with E-state index in [0.29, 0.717) is 28.7 Å². The number of halogens is 3. The lowest BCUT2D eigenvalue weighted by molar-refractivity contribution is -0.141. The smallest absolute Gasteiger partial charge is 0.433 e. The van der Waals surface area contributed by atoms with Gasteiger partial charge in [-0.25, -0.2) is 4.79 Å². The highest BCUT2D eigenvalue weighted by Crippen LogP contribution is 2.31. The molecule has 4 nitrogen and oxygen atoms in total. The van der Waals surface area contributed by atoms with Crippen molar-refractivity contribution in [3.63, 3.8) is 0 Å². The van der Waals surface area contributed by atoms with Crippen LogP contribution in [-0.2, 0) is 23.8 Å². The fourth-order valence-corrected chi connectivity index (χ4v) is 3.05. The van der Waals surface area contributed by atoms with E-state index in [9.17, 15) is 18.0 Å². The number of ether oxygens (including phenoxy) is 1. The lowest BCUT2D eigenvalue weighted by Gasteiger charge is -2.11. The number of alkyl halides is 3. The Morgan fingerprint density at radius 2 is 2.00 bits per heavy atom. The second-order valence-electron chi connectivity index (χ2n) is 6.09. The van der Waals surface area contributed by atoms with Gasteiger partial charge in [0.15, 0.2) is 0 Å². The van der Waals surface area contributed by atoms with Gasteiger partial charge >= 0.3 is 12.1 Å². The van der Waals surface area contributed by atoms with Crippen LogP contribution in [0.1, 0.15) is 39.9 Å². The van der Waals surface area contributed by atoms with Gasteiger partial charge in [-0.15, -0.1) is 0 Å². The molecule has 27 heavy (non-hydrogen) atoms. The van der Waals surface area contributed by atoms with E-state index in [4.69, 9.17) is 9.15 Å². The van der Waals surface area contributed by atoms with E-state index >= 15 is 0 Å². The minimum atomic E-state index is -4.49. The second kappa shape index (κ2) is 7.42. The first-order valence-corrected chi connectivity index (χ1v) is 8.51. The number of aromatic nitrogens is 1. The Hall–Kier alpha value is -2.83. The summed E-state index contributed by atoms with van der Waals surface area (Å²) >= 11 is 0. The molecule has 0 unspecified atom stereocenters. The summed E-state index contributed by atoms with van der Waals surface area (Å²) in [6, 6.07) is 8.19. The predicted octanol–water partition coefficient (Wildman–Crippen LogP) is 5.12. The average molecular weight is 377 g/mol. The molecule has 2 heterocycles. The number of fused-ring (bicyclic) bond motifs is 1. The highest BCUT2D eigenvalue weighted by molar-refractivity contribution is 6.04. The molecule has 0 N–H and O–H groups in total. The highest BCUT2D eigenvalue weighted by Gasteiger charge is 2.34. The standard InChI is InChI=1S/C20H18F3NO3/c1-3-26-19(25)17-12(2)27-16-9-7-13(11-15(16)17)6-8-14-5-4-10-24-18(14)20(21,22)23/h4-5,7,9-11H,3,6,8H2,1-2H3. The molecule has 7 heteroatoms. The van der Waals surface area contributed by atoms with Gasteiger partial charge in [-0.1, -0.05) is 12.1 Å². The first-order chi connectivity index (χ1) is 12.8. The van der Waals surface area contributed by atoms with Gasteiger partial charge in [0.05, 0.1) is 6.61 Å². The van der Waals surface area contributed by atoms with Gasteiger partial charge in [0.2, 0.25) is 0 Å². The number of benzene rings is 1. The number of furan rings is 1. The van der Waals surface area contributed by atoms with Gasteiger partial charge in [0.1, 0.15) is 22.6 Å². The first-order valence-electron chi connectivity index (χ1n) is 8.51. The van der Waals surface area contributed by atoms with Crippen LogP contribution < -0.4 is 0 Å². The molecular formula is C20H18F3NO3. The molecular weight excluding hydrogens is 359 g/mol. The number of pyridine rings is 1. The largest absolute Gasteiger partial charge is 0.462 e. The third kappa shape index (κ3) is 3.97. The van der Waals surface area contributed by atoms with Crippen molar-refractivity contribution in [2.45, 2.75) is 32.9 Å². The maximum atomic E-state index is 13.1. The molecule has 0 bridgehead atoms. The molecule has 0 fully saturated rings. The summed E-state index contributed by atoms with van der Waals surface area (Å²) in [6.07, 6.45) is -2.80. The zero-order valence-corrected chi connectivity index (χ0v) is 14.9. The molecule has 1 aromatic carbocycles. The minimum absolute atomic E-state index is 0.138. The number of hydrogen-bond acceptors (Lipinski definition) is 4. The molecule has 0 saturated heterocycles. The van der Waals surface area contributed by atoms with Crippen LogP contribution in [0, 0.1) is 6.92 Å². The number of nitrogens with zero attached hydrogens (tertiary/aromatic N) is 1. The highest BCUT2D eigenvalue weighted by atomic mass is 19.4. The van der Waals surface area contributed by atoms with Gasteiger partial charge in [-0.3, -0.25) is 4.98 Å². The van der Waals surface area contributed by atoms with Gasteiger partial charge < -0.3 is 9.15 Å². The van der Waals surface area contributed by atoms with Crippen molar-refractivity contribution in [2.24, 2.45) is 0 Å². The van der Waals surface area contributed by atoms with Crippen molar-refractivity contribution in [3.8, 4) is 0 Å². The molecule has 142 valence electrons. The number of carbonyl (C=O) groups excluding carboxylic acids is 1. The molecule has 0 amide bonds. The Balaban J connectivity index is 1.89. The number of carbonyl (C=O) groups is 1. The first kappa shape index (κ1) is 18.9. The maximum Gasteiger partial charge on any atom is 0.433 e. The quantitative estimate of drug-likeness (QED) is 0.580. The molecule has 0 aliphatic rings. The molecule has 3 rings (SSSR count). The zero-order valence-electron chi connectivity index (χ0n) is 14.9. The van der Waals surface area contributed by atoms with E-state index in [-0.39, 0.29) is 18.6 Å². The topological polar surface area (TPSA) is 52.3 Å². The number of aryl methyl sites for hydroxylation is 3. The van der Waals surface area contributed by atoms with Crippen molar-refractivity contribution in [3.05, 3.63) is 64.7 Å². The second-order valence-corrected chi connectivity index (χ2v) is 6.09. The molecule has 0 spiro atoms. The van der Waals surface area contributed by atoms with Crippen LogP contribution in [0.2, 0.25) is 0 Å². The number of hydrogen-bond donors (Lipinski definition) is 0. The lowest BCUT2D eigenvalue weighted by Crippen LogP contribution is -2.12. The summed E-state index contributed by atoms with van der Waals surface area (Å²) in [5, 5.41) is 0.602. The van der Waals surface area contributed by atoms with E-state index in [1.807, 2.05) is 0 Å².